The SMILES string of the molecule is CC[C@H](C)[C@H](NS(=O)(=O)c1cc(Cl)ccc1Cl)C(=O)N[C@@H](CNC(=O)OCc1ccccc1)C(=O)NO. The van der Waals surface area contributed by atoms with Crippen molar-refractivity contribution in [3.63, 3.8) is 0 Å². The van der Waals surface area contributed by atoms with Gasteiger partial charge in [-0.05, 0) is 29.7 Å². The standard InChI is InChI=1S/C23H28Cl2N4O7S/c1-3-14(2)20(29-37(34,35)19-11-16(24)9-10-17(19)25)22(31)27-18(21(30)28-33)12-26-23(32)36-13-15-7-5-4-6-8-15/h4-11,14,18,20,29,33H,3,12-13H2,1-2H3,(H,26,32)(H,27,31)(H,28,30)/t14-,18-,20-/m0/s1. The summed E-state index contributed by atoms with van der Waals surface area (Å²) in [5, 5.41) is 13.8. The van der Waals surface area contributed by atoms with E-state index in [1.165, 1.54) is 17.6 Å². The van der Waals surface area contributed by atoms with Crippen LogP contribution in [0.15, 0.2) is 53.4 Å². The van der Waals surface area contributed by atoms with E-state index in [1.807, 2.05) is 0 Å². The highest BCUT2D eigenvalue weighted by Gasteiger charge is 2.33. The number of carbonyl (C=O) groups excluding carboxylic acids is 3. The molecule has 0 aliphatic carbocycles. The predicted octanol–water partition coefficient (Wildman–Crippen LogP) is 2.60. The molecule has 0 unspecified atom stereocenters. The maximum Gasteiger partial charge on any atom is 0.407 e. The number of ether oxygens (including phenoxy) is 1. The van der Waals surface area contributed by atoms with Crippen molar-refractivity contribution in [1.29, 1.82) is 0 Å². The minimum absolute atomic E-state index is 0.0280. The van der Waals surface area contributed by atoms with E-state index in [0.717, 1.165) is 11.6 Å². The van der Waals surface area contributed by atoms with Crippen LogP contribution in [0.5, 0.6) is 0 Å². The monoisotopic (exact) mass is 574 g/mol. The van der Waals surface area contributed by atoms with E-state index < -0.39 is 52.5 Å². The van der Waals surface area contributed by atoms with Crippen molar-refractivity contribution in [3.05, 3.63) is 64.1 Å². The Bertz CT molecular complexity index is 1200. The summed E-state index contributed by atoms with van der Waals surface area (Å²) in [6.07, 6.45) is -0.478. The molecule has 2 aromatic carbocycles. The normalized spacial score (nSPS) is 13.6. The van der Waals surface area contributed by atoms with Gasteiger partial charge in [0.15, 0.2) is 0 Å². The number of benzene rings is 2. The molecule has 14 heteroatoms. The van der Waals surface area contributed by atoms with Gasteiger partial charge in [-0.1, -0.05) is 73.8 Å². The Balaban J connectivity index is 2.11. The summed E-state index contributed by atoms with van der Waals surface area (Å²) in [4.78, 5) is 37.0. The van der Waals surface area contributed by atoms with E-state index in [-0.39, 0.29) is 21.5 Å². The average Bonchev–Trinajstić information content (AvgIpc) is 2.89. The molecule has 2 rings (SSSR count). The molecule has 0 fully saturated rings. The fraction of sp³-hybridized carbons (Fsp3) is 0.348. The Morgan fingerprint density at radius 3 is 2.35 bits per heavy atom. The van der Waals surface area contributed by atoms with E-state index >= 15 is 0 Å². The molecule has 5 N–H and O–H groups in total. The second kappa shape index (κ2) is 14.1. The number of sulfonamides is 1. The summed E-state index contributed by atoms with van der Waals surface area (Å²) >= 11 is 11.9. The zero-order valence-corrected chi connectivity index (χ0v) is 22.4. The van der Waals surface area contributed by atoms with Crippen LogP contribution in [-0.4, -0.2) is 50.2 Å². The van der Waals surface area contributed by atoms with Gasteiger partial charge in [0.25, 0.3) is 5.91 Å². The molecule has 0 heterocycles. The molecule has 37 heavy (non-hydrogen) atoms. The molecule has 11 nitrogen and oxygen atoms in total. The largest absolute Gasteiger partial charge is 0.445 e. The summed E-state index contributed by atoms with van der Waals surface area (Å²) < 4.78 is 33.4. The Morgan fingerprint density at radius 2 is 1.73 bits per heavy atom. The molecule has 0 radical (unpaired) electrons. The van der Waals surface area contributed by atoms with Gasteiger partial charge in [0.05, 0.1) is 11.6 Å². The lowest BCUT2D eigenvalue weighted by Gasteiger charge is -2.26. The van der Waals surface area contributed by atoms with Gasteiger partial charge in [-0.3, -0.25) is 14.8 Å². The van der Waals surface area contributed by atoms with Crippen LogP contribution in [0.1, 0.15) is 25.8 Å². The van der Waals surface area contributed by atoms with Crippen molar-refractivity contribution in [3.8, 4) is 0 Å². The van der Waals surface area contributed by atoms with Gasteiger partial charge < -0.3 is 15.4 Å². The van der Waals surface area contributed by atoms with Crippen molar-refractivity contribution in [1.82, 2.24) is 20.8 Å². The van der Waals surface area contributed by atoms with E-state index in [0.29, 0.717) is 6.42 Å². The first-order valence-electron chi connectivity index (χ1n) is 11.1. The average molecular weight is 575 g/mol. The summed E-state index contributed by atoms with van der Waals surface area (Å²) in [6, 6.07) is 9.94. The van der Waals surface area contributed by atoms with E-state index in [9.17, 15) is 22.8 Å². The Morgan fingerprint density at radius 1 is 1.05 bits per heavy atom. The third-order valence-electron chi connectivity index (χ3n) is 5.37. The predicted molar refractivity (Wildman–Crippen MR) is 137 cm³/mol. The van der Waals surface area contributed by atoms with E-state index in [4.69, 9.17) is 33.1 Å². The van der Waals surface area contributed by atoms with Gasteiger partial charge in [0.2, 0.25) is 15.9 Å². The second-order valence-electron chi connectivity index (χ2n) is 8.04. The molecule has 0 bridgehead atoms. The zero-order chi connectivity index (χ0) is 27.6. The third kappa shape index (κ3) is 9.17. The first-order chi connectivity index (χ1) is 17.5. The smallest absolute Gasteiger partial charge is 0.407 e. The highest BCUT2D eigenvalue weighted by molar-refractivity contribution is 7.89. The summed E-state index contributed by atoms with van der Waals surface area (Å²) in [7, 11) is -4.30. The number of alkyl carbamates (subject to hydrolysis) is 1. The van der Waals surface area contributed by atoms with Crippen LogP contribution < -0.4 is 20.8 Å². The fourth-order valence-electron chi connectivity index (χ4n) is 3.09. The minimum Gasteiger partial charge on any atom is -0.445 e. The number of hydroxylamine groups is 1. The maximum absolute atomic E-state index is 13.1. The topological polar surface area (TPSA) is 163 Å². The number of hydrogen-bond acceptors (Lipinski definition) is 7. The molecule has 3 amide bonds. The molecule has 0 aliphatic rings. The van der Waals surface area contributed by atoms with Gasteiger partial charge in [-0.15, -0.1) is 0 Å². The second-order valence-corrected chi connectivity index (χ2v) is 10.6. The van der Waals surface area contributed by atoms with E-state index in [2.05, 4.69) is 15.4 Å². The lowest BCUT2D eigenvalue weighted by atomic mass is 9.99. The quantitative estimate of drug-likeness (QED) is 0.192. The molecule has 0 saturated heterocycles. The van der Waals surface area contributed by atoms with Crippen LogP contribution in [-0.2, 0) is 31.0 Å². The molecule has 2 aromatic rings. The highest BCUT2D eigenvalue weighted by atomic mass is 35.5. The number of rotatable bonds is 12. The van der Waals surface area contributed by atoms with Crippen molar-refractivity contribution in [2.45, 2.75) is 43.9 Å². The van der Waals surface area contributed by atoms with Gasteiger partial charge in [0.1, 0.15) is 23.6 Å². The van der Waals surface area contributed by atoms with Crippen LogP contribution in [0.2, 0.25) is 10.0 Å². The number of hydrogen-bond donors (Lipinski definition) is 5. The van der Waals surface area contributed by atoms with Crippen molar-refractivity contribution in [2.75, 3.05) is 6.54 Å². The molecular weight excluding hydrogens is 547 g/mol. The van der Waals surface area contributed by atoms with Gasteiger partial charge in [0, 0.05) is 5.02 Å². The minimum atomic E-state index is -4.30. The highest BCUT2D eigenvalue weighted by Crippen LogP contribution is 2.25. The van der Waals surface area contributed by atoms with Crippen LogP contribution in [0.4, 0.5) is 4.79 Å². The van der Waals surface area contributed by atoms with E-state index in [1.54, 1.807) is 44.2 Å². The van der Waals surface area contributed by atoms with Gasteiger partial charge in [-0.25, -0.2) is 18.7 Å². The number of halogens is 2. The zero-order valence-electron chi connectivity index (χ0n) is 20.0. The fourth-order valence-corrected chi connectivity index (χ4v) is 5.15. The van der Waals surface area contributed by atoms with Crippen molar-refractivity contribution >= 4 is 51.1 Å². The van der Waals surface area contributed by atoms with Gasteiger partial charge in [-0.2, -0.15) is 4.72 Å². The molecule has 202 valence electrons. The Hall–Kier alpha value is -2.90. The van der Waals surface area contributed by atoms with Crippen molar-refractivity contribution < 1.29 is 32.7 Å². The Labute approximate surface area is 224 Å². The summed E-state index contributed by atoms with van der Waals surface area (Å²) in [5.41, 5.74) is 2.14. The first-order valence-corrected chi connectivity index (χ1v) is 13.4. The summed E-state index contributed by atoms with van der Waals surface area (Å²) in [5.74, 6) is -2.43. The molecule has 3 atom stereocenters. The Kier molecular flexibility index (Phi) is 11.6. The third-order valence-corrected chi connectivity index (χ3v) is 7.52. The first kappa shape index (κ1) is 30.3. The summed E-state index contributed by atoms with van der Waals surface area (Å²) in [6.45, 7) is 2.90. The maximum atomic E-state index is 13.1. The lowest BCUT2D eigenvalue weighted by molar-refractivity contribution is -0.135. The molecule has 0 saturated carbocycles. The lowest BCUT2D eigenvalue weighted by Crippen LogP contribution is -2.58. The molecule has 0 spiro atoms. The molecular formula is C23H28Cl2N4O7S. The molecule has 0 aliphatic heterocycles. The molecule has 0 aromatic heterocycles. The number of nitrogens with one attached hydrogen (secondary N) is 4. The number of carbonyl (C=O) groups is 3. The van der Waals surface area contributed by atoms with Crippen LogP contribution >= 0.6 is 23.2 Å². The van der Waals surface area contributed by atoms with Crippen LogP contribution in [0, 0.1) is 5.92 Å². The van der Waals surface area contributed by atoms with Crippen LogP contribution in [0.25, 0.3) is 0 Å². The van der Waals surface area contributed by atoms with Gasteiger partial charge >= 0.3 is 6.09 Å². The number of amides is 3. The van der Waals surface area contributed by atoms with Crippen LogP contribution in [0.3, 0.4) is 0 Å². The van der Waals surface area contributed by atoms with Crippen molar-refractivity contribution in [2.24, 2.45) is 5.92 Å².